The minimum atomic E-state index is -2.74. The Morgan fingerprint density at radius 1 is 1.33 bits per heavy atom. The summed E-state index contributed by atoms with van der Waals surface area (Å²) >= 11 is 0. The Morgan fingerprint density at radius 3 is 2.61 bits per heavy atom. The van der Waals surface area contributed by atoms with Gasteiger partial charge in [0.2, 0.25) is 0 Å². The predicted molar refractivity (Wildman–Crippen MR) is 68.2 cm³/mol. The van der Waals surface area contributed by atoms with Gasteiger partial charge in [0.25, 0.3) is 0 Å². The molecule has 0 N–H and O–H groups in total. The minimum Gasteiger partial charge on any atom is -0.435 e. The molecule has 1 nitrogen and oxygen atoms in total. The van der Waals surface area contributed by atoms with Crippen molar-refractivity contribution in [3.05, 3.63) is 29.3 Å². The molecule has 0 bridgehead atoms. The van der Waals surface area contributed by atoms with Crippen molar-refractivity contribution in [2.45, 2.75) is 52.1 Å². The van der Waals surface area contributed by atoms with Crippen molar-refractivity contribution in [3.63, 3.8) is 0 Å². The van der Waals surface area contributed by atoms with Crippen LogP contribution in [-0.2, 0) is 11.8 Å². The number of rotatable bonds is 4. The maximum Gasteiger partial charge on any atom is 0.387 e. The van der Waals surface area contributed by atoms with Crippen molar-refractivity contribution in [1.29, 1.82) is 0 Å². The van der Waals surface area contributed by atoms with Crippen LogP contribution < -0.4 is 4.74 Å². The number of hydrogen-bond donors (Lipinski definition) is 0. The van der Waals surface area contributed by atoms with Crippen molar-refractivity contribution in [2.24, 2.45) is 5.92 Å². The van der Waals surface area contributed by atoms with E-state index < -0.39 is 6.61 Å². The van der Waals surface area contributed by atoms with Gasteiger partial charge >= 0.3 is 6.61 Å². The van der Waals surface area contributed by atoms with Crippen molar-refractivity contribution in [2.75, 3.05) is 0 Å². The molecule has 18 heavy (non-hydrogen) atoms. The van der Waals surface area contributed by atoms with Gasteiger partial charge in [-0.1, -0.05) is 32.9 Å². The largest absolute Gasteiger partial charge is 0.435 e. The monoisotopic (exact) mass is 254 g/mol. The van der Waals surface area contributed by atoms with Gasteiger partial charge < -0.3 is 4.74 Å². The van der Waals surface area contributed by atoms with Gasteiger partial charge in [-0.2, -0.15) is 8.78 Å². The molecule has 0 saturated carbocycles. The molecule has 0 saturated heterocycles. The lowest BCUT2D eigenvalue weighted by molar-refractivity contribution is -0.0504. The van der Waals surface area contributed by atoms with E-state index >= 15 is 0 Å². The average molecular weight is 254 g/mol. The summed E-state index contributed by atoms with van der Waals surface area (Å²) in [5.74, 6) is 0.865. The third-order valence-corrected chi connectivity index (χ3v) is 4.44. The molecule has 100 valence electrons. The fourth-order valence-corrected chi connectivity index (χ4v) is 3.35. The molecule has 1 aliphatic rings. The third kappa shape index (κ3) is 2.00. The molecule has 0 amide bonds. The van der Waals surface area contributed by atoms with Crippen LogP contribution in [0.15, 0.2) is 18.2 Å². The summed E-state index contributed by atoms with van der Waals surface area (Å²) < 4.78 is 29.4. The van der Waals surface area contributed by atoms with Crippen LogP contribution in [0, 0.1) is 5.92 Å². The van der Waals surface area contributed by atoms with E-state index in [0.29, 0.717) is 11.7 Å². The van der Waals surface area contributed by atoms with Gasteiger partial charge in [0.15, 0.2) is 0 Å². The normalized spacial score (nSPS) is 22.6. The van der Waals surface area contributed by atoms with Gasteiger partial charge in [-0.25, -0.2) is 0 Å². The molecule has 3 heteroatoms. The number of benzene rings is 1. The highest BCUT2D eigenvalue weighted by atomic mass is 19.3. The molecular formula is C15H20F2O. The van der Waals surface area contributed by atoms with Crippen molar-refractivity contribution < 1.29 is 13.5 Å². The molecule has 1 aromatic rings. The minimum absolute atomic E-state index is 0.122. The smallest absolute Gasteiger partial charge is 0.387 e. The highest BCUT2D eigenvalue weighted by Gasteiger charge is 2.41. The second-order valence-corrected chi connectivity index (χ2v) is 5.33. The lowest BCUT2D eigenvalue weighted by atomic mass is 9.71. The van der Waals surface area contributed by atoms with Crippen LogP contribution in [0.2, 0.25) is 0 Å². The van der Waals surface area contributed by atoms with E-state index in [2.05, 4.69) is 31.6 Å². The Kier molecular flexibility index (Phi) is 3.60. The predicted octanol–water partition coefficient (Wildman–Crippen LogP) is 4.54. The number of halogens is 2. The third-order valence-electron chi connectivity index (χ3n) is 4.44. The maximum atomic E-state index is 12.4. The summed E-state index contributed by atoms with van der Waals surface area (Å²) in [7, 11) is 0. The first-order valence-electron chi connectivity index (χ1n) is 6.58. The van der Waals surface area contributed by atoms with Gasteiger partial charge in [-0.15, -0.1) is 0 Å². The van der Waals surface area contributed by atoms with Crippen LogP contribution in [0.3, 0.4) is 0 Å². The van der Waals surface area contributed by atoms with Crippen molar-refractivity contribution in [3.8, 4) is 5.75 Å². The van der Waals surface area contributed by atoms with Crippen molar-refractivity contribution in [1.82, 2.24) is 0 Å². The van der Waals surface area contributed by atoms with Crippen LogP contribution in [0.25, 0.3) is 0 Å². The van der Waals surface area contributed by atoms with E-state index in [1.807, 2.05) is 6.07 Å². The van der Waals surface area contributed by atoms with E-state index in [9.17, 15) is 8.78 Å². The van der Waals surface area contributed by atoms with E-state index in [1.165, 1.54) is 5.56 Å². The Morgan fingerprint density at radius 2 is 2.06 bits per heavy atom. The first-order valence-corrected chi connectivity index (χ1v) is 6.58. The molecule has 1 aromatic carbocycles. The van der Waals surface area contributed by atoms with Gasteiger partial charge in [0.1, 0.15) is 5.75 Å². The topological polar surface area (TPSA) is 9.23 Å². The summed E-state index contributed by atoms with van der Waals surface area (Å²) in [6.07, 6.45) is 2.90. The van der Waals surface area contributed by atoms with Crippen LogP contribution in [0.1, 0.15) is 44.7 Å². The second kappa shape index (κ2) is 4.87. The number of alkyl halides is 2. The maximum absolute atomic E-state index is 12.4. The highest BCUT2D eigenvalue weighted by Crippen LogP contribution is 2.49. The molecule has 2 rings (SSSR count). The summed E-state index contributed by atoms with van der Waals surface area (Å²) in [6.45, 7) is 3.85. The van der Waals surface area contributed by atoms with Gasteiger partial charge in [0, 0.05) is 0 Å². The molecule has 0 spiro atoms. The summed E-state index contributed by atoms with van der Waals surface area (Å²) in [4.78, 5) is 0. The van der Waals surface area contributed by atoms with Crippen LogP contribution >= 0.6 is 0 Å². The Hall–Kier alpha value is -1.12. The van der Waals surface area contributed by atoms with Gasteiger partial charge in [-0.3, -0.25) is 0 Å². The molecule has 0 aliphatic heterocycles. The SMILES string of the molecule is CCC1(C(C)C)CCc2c(OC(F)F)cccc21. The Labute approximate surface area is 107 Å². The van der Waals surface area contributed by atoms with E-state index in [0.717, 1.165) is 24.8 Å². The summed E-state index contributed by atoms with van der Waals surface area (Å²) in [5, 5.41) is 0. The molecule has 1 aliphatic carbocycles. The lowest BCUT2D eigenvalue weighted by Gasteiger charge is -2.33. The number of ether oxygens (including phenoxy) is 1. The molecule has 0 heterocycles. The number of fused-ring (bicyclic) bond motifs is 1. The Balaban J connectivity index is 2.45. The molecule has 1 atom stereocenters. The zero-order valence-corrected chi connectivity index (χ0v) is 11.2. The van der Waals surface area contributed by atoms with Crippen molar-refractivity contribution >= 4 is 0 Å². The second-order valence-electron chi connectivity index (χ2n) is 5.33. The van der Waals surface area contributed by atoms with Gasteiger partial charge in [-0.05, 0) is 47.8 Å². The van der Waals surface area contributed by atoms with Gasteiger partial charge in [0.05, 0.1) is 0 Å². The molecule has 0 fully saturated rings. The standard InChI is InChI=1S/C15H20F2O/c1-4-15(10(2)3)9-8-11-12(15)6-5-7-13(11)18-14(16)17/h5-7,10,14H,4,8-9H2,1-3H3. The first-order chi connectivity index (χ1) is 8.51. The molecular weight excluding hydrogens is 234 g/mol. The number of hydrogen-bond acceptors (Lipinski definition) is 1. The summed E-state index contributed by atoms with van der Waals surface area (Å²) in [6, 6.07) is 5.55. The molecule has 0 aromatic heterocycles. The summed E-state index contributed by atoms with van der Waals surface area (Å²) in [5.41, 5.74) is 2.31. The van der Waals surface area contributed by atoms with E-state index in [4.69, 9.17) is 0 Å². The fraction of sp³-hybridized carbons (Fsp3) is 0.600. The average Bonchev–Trinajstić information content (AvgIpc) is 2.69. The van der Waals surface area contributed by atoms with E-state index in [-0.39, 0.29) is 5.41 Å². The molecule has 1 unspecified atom stereocenters. The zero-order valence-electron chi connectivity index (χ0n) is 11.2. The quantitative estimate of drug-likeness (QED) is 0.766. The first kappa shape index (κ1) is 13.3. The van der Waals surface area contributed by atoms with Crippen LogP contribution in [0.4, 0.5) is 8.78 Å². The lowest BCUT2D eigenvalue weighted by Crippen LogP contribution is -2.28. The zero-order chi connectivity index (χ0) is 13.3. The highest BCUT2D eigenvalue weighted by molar-refractivity contribution is 5.48. The molecule has 0 radical (unpaired) electrons. The van der Waals surface area contributed by atoms with Crippen LogP contribution in [0.5, 0.6) is 5.75 Å². The van der Waals surface area contributed by atoms with Crippen LogP contribution in [-0.4, -0.2) is 6.61 Å². The Bertz CT molecular complexity index is 429. The fourth-order valence-electron chi connectivity index (χ4n) is 3.35. The van der Waals surface area contributed by atoms with E-state index in [1.54, 1.807) is 6.07 Å².